The van der Waals surface area contributed by atoms with Gasteiger partial charge in [-0.05, 0) is 31.0 Å². The quantitative estimate of drug-likeness (QED) is 0.553. The lowest BCUT2D eigenvalue weighted by atomic mass is 10.2. The Morgan fingerprint density at radius 1 is 1.38 bits per heavy atom. The summed E-state index contributed by atoms with van der Waals surface area (Å²) in [5, 5.41) is 1.50. The summed E-state index contributed by atoms with van der Waals surface area (Å²) in [7, 11) is 0. The van der Waals surface area contributed by atoms with E-state index in [0.29, 0.717) is 22.8 Å². The van der Waals surface area contributed by atoms with Crippen LogP contribution in [0.25, 0.3) is 11.2 Å². The van der Waals surface area contributed by atoms with Gasteiger partial charge in [0.15, 0.2) is 22.1 Å². The topological polar surface area (TPSA) is 69.6 Å². The third kappa shape index (κ3) is 3.32. The average molecular weight is 358 g/mol. The van der Waals surface area contributed by atoms with Gasteiger partial charge in [-0.25, -0.2) is 15.0 Å². The van der Waals surface area contributed by atoms with Gasteiger partial charge in [-0.2, -0.15) is 0 Å². The van der Waals surface area contributed by atoms with Crippen molar-refractivity contribution in [2.45, 2.75) is 36.4 Å². The number of hydrogen-bond donors (Lipinski definition) is 1. The molecule has 0 atom stereocenters. The molecule has 3 rings (SSSR count). The van der Waals surface area contributed by atoms with Crippen molar-refractivity contribution in [3.8, 4) is 12.3 Å². The van der Waals surface area contributed by atoms with Crippen molar-refractivity contribution in [1.82, 2.24) is 19.5 Å². The van der Waals surface area contributed by atoms with Crippen LogP contribution in [0.1, 0.15) is 18.4 Å². The molecule has 2 aromatic heterocycles. The van der Waals surface area contributed by atoms with Gasteiger partial charge in [-0.3, -0.25) is 0 Å². The van der Waals surface area contributed by atoms with E-state index in [1.165, 1.54) is 18.1 Å². The molecule has 0 aliphatic carbocycles. The maximum Gasteiger partial charge on any atom is 0.175 e. The molecule has 0 spiro atoms. The zero-order chi connectivity index (χ0) is 17.1. The Bertz CT molecular complexity index is 929. The van der Waals surface area contributed by atoms with Gasteiger partial charge in [0.25, 0.3) is 0 Å². The molecule has 0 radical (unpaired) electrons. The number of benzene rings is 1. The van der Waals surface area contributed by atoms with Crippen LogP contribution in [0.5, 0.6) is 0 Å². The van der Waals surface area contributed by atoms with Crippen molar-refractivity contribution in [2.24, 2.45) is 0 Å². The molecule has 122 valence electrons. The predicted molar refractivity (Wildman–Crippen MR) is 98.1 cm³/mol. The normalized spacial score (nSPS) is 10.9. The number of terminal acetylenes is 1. The highest BCUT2D eigenvalue weighted by Gasteiger charge is 2.16. The van der Waals surface area contributed by atoms with Crippen LogP contribution in [-0.4, -0.2) is 19.5 Å². The molecule has 0 unspecified atom stereocenters. The van der Waals surface area contributed by atoms with E-state index in [-0.39, 0.29) is 0 Å². The van der Waals surface area contributed by atoms with Gasteiger partial charge in [0.05, 0.1) is 0 Å². The van der Waals surface area contributed by atoms with E-state index in [0.717, 1.165) is 34.2 Å². The Morgan fingerprint density at radius 3 is 3.00 bits per heavy atom. The van der Waals surface area contributed by atoms with Crippen molar-refractivity contribution in [3.63, 3.8) is 0 Å². The van der Waals surface area contributed by atoms with Gasteiger partial charge in [-0.15, -0.1) is 12.3 Å². The zero-order valence-corrected chi connectivity index (χ0v) is 14.7. The van der Waals surface area contributed by atoms with Crippen LogP contribution in [0, 0.1) is 19.3 Å². The molecule has 7 heteroatoms. The number of nitrogens with zero attached hydrogens (tertiary/aromatic N) is 4. The lowest BCUT2D eigenvalue weighted by Crippen LogP contribution is -2.02. The number of aromatic nitrogens is 4. The molecule has 0 saturated carbocycles. The molecule has 3 aromatic rings. The second-order valence-electron chi connectivity index (χ2n) is 5.30. The van der Waals surface area contributed by atoms with Crippen LogP contribution in [0.3, 0.4) is 0 Å². The van der Waals surface area contributed by atoms with Gasteiger partial charge in [0.2, 0.25) is 0 Å². The highest BCUT2D eigenvalue weighted by molar-refractivity contribution is 7.99. The number of imidazole rings is 1. The number of nitrogens with two attached hydrogens (primary N) is 1. The van der Waals surface area contributed by atoms with Crippen LogP contribution < -0.4 is 5.73 Å². The number of anilines is 1. The number of rotatable bonds is 5. The molecular formula is C17H16ClN5S. The number of fused-ring (bicyclic) bond motifs is 1. The first-order valence-corrected chi connectivity index (χ1v) is 8.63. The van der Waals surface area contributed by atoms with Crippen molar-refractivity contribution in [2.75, 3.05) is 5.73 Å². The molecule has 2 heterocycles. The summed E-state index contributed by atoms with van der Waals surface area (Å²) < 4.78 is 2.04. The maximum absolute atomic E-state index is 6.12. The number of hydrogen-bond acceptors (Lipinski definition) is 5. The molecule has 0 bridgehead atoms. The minimum absolute atomic E-state index is 0.375. The van der Waals surface area contributed by atoms with Crippen LogP contribution in [0.15, 0.2) is 34.6 Å². The molecule has 0 fully saturated rings. The minimum Gasteiger partial charge on any atom is -0.382 e. The van der Waals surface area contributed by atoms with Crippen LogP contribution in [0.4, 0.5) is 5.82 Å². The van der Waals surface area contributed by atoms with Gasteiger partial charge >= 0.3 is 0 Å². The summed E-state index contributed by atoms with van der Waals surface area (Å²) in [6.07, 6.45) is 8.35. The summed E-state index contributed by atoms with van der Waals surface area (Å²) in [5.74, 6) is 3.04. The summed E-state index contributed by atoms with van der Waals surface area (Å²) in [6.45, 7) is 2.76. The maximum atomic E-state index is 6.12. The van der Waals surface area contributed by atoms with E-state index >= 15 is 0 Å². The summed E-state index contributed by atoms with van der Waals surface area (Å²) in [5.41, 5.74) is 8.42. The minimum atomic E-state index is 0.375. The SMILES string of the molecule is C#CCCCn1c(Sc2cc(Cl)ccc2C)nc2c(N)ncnc21. The van der Waals surface area contributed by atoms with E-state index < -0.39 is 0 Å². The highest BCUT2D eigenvalue weighted by atomic mass is 35.5. The Balaban J connectivity index is 2.05. The Morgan fingerprint density at radius 2 is 2.21 bits per heavy atom. The highest BCUT2D eigenvalue weighted by Crippen LogP contribution is 2.34. The van der Waals surface area contributed by atoms with Gasteiger partial charge in [0.1, 0.15) is 6.33 Å². The second kappa shape index (κ2) is 7.12. The molecule has 5 nitrogen and oxygen atoms in total. The third-order valence-electron chi connectivity index (χ3n) is 3.58. The van der Waals surface area contributed by atoms with Crippen molar-refractivity contribution >= 4 is 40.3 Å². The first-order chi connectivity index (χ1) is 11.6. The Labute approximate surface area is 149 Å². The van der Waals surface area contributed by atoms with Gasteiger partial charge < -0.3 is 10.3 Å². The van der Waals surface area contributed by atoms with Crippen LogP contribution in [-0.2, 0) is 6.54 Å². The molecular weight excluding hydrogens is 342 g/mol. The fourth-order valence-corrected chi connectivity index (χ4v) is 3.61. The number of aryl methyl sites for hydroxylation is 2. The van der Waals surface area contributed by atoms with E-state index in [9.17, 15) is 0 Å². The van der Waals surface area contributed by atoms with Crippen LogP contribution >= 0.6 is 23.4 Å². The van der Waals surface area contributed by atoms with Gasteiger partial charge in [-0.1, -0.05) is 29.4 Å². The number of nitrogen functional groups attached to an aromatic ring is 1. The first-order valence-electron chi connectivity index (χ1n) is 7.44. The van der Waals surface area contributed by atoms with Crippen molar-refractivity contribution in [3.05, 3.63) is 35.1 Å². The fraction of sp³-hybridized carbons (Fsp3) is 0.235. The average Bonchev–Trinajstić information content (AvgIpc) is 2.91. The summed E-state index contributed by atoms with van der Waals surface area (Å²) in [4.78, 5) is 14.0. The Kier molecular flexibility index (Phi) is 4.93. The monoisotopic (exact) mass is 357 g/mol. The van der Waals surface area contributed by atoms with Crippen molar-refractivity contribution in [1.29, 1.82) is 0 Å². The summed E-state index contributed by atoms with van der Waals surface area (Å²) in [6, 6.07) is 5.80. The number of halogens is 1. The molecule has 0 aliphatic rings. The fourth-order valence-electron chi connectivity index (χ4n) is 2.33. The standard InChI is InChI=1S/C17H16ClN5S/c1-3-4-5-8-23-16-14(15(19)20-10-21-16)22-17(23)24-13-9-12(18)7-6-11(13)2/h1,6-7,9-10H,4-5,8H2,2H3,(H2,19,20,21). The van der Waals surface area contributed by atoms with Gasteiger partial charge in [0, 0.05) is 22.9 Å². The lowest BCUT2D eigenvalue weighted by molar-refractivity contribution is 0.615. The lowest BCUT2D eigenvalue weighted by Gasteiger charge is -2.09. The first kappa shape index (κ1) is 16.6. The summed E-state index contributed by atoms with van der Waals surface area (Å²) >= 11 is 7.66. The molecule has 1 aromatic carbocycles. The molecule has 0 aliphatic heterocycles. The van der Waals surface area contributed by atoms with E-state index in [4.69, 9.17) is 23.8 Å². The van der Waals surface area contributed by atoms with Crippen LogP contribution in [0.2, 0.25) is 5.02 Å². The zero-order valence-electron chi connectivity index (χ0n) is 13.2. The number of unbranched alkanes of at least 4 members (excludes halogenated alkanes) is 1. The van der Waals surface area contributed by atoms with Crippen molar-refractivity contribution < 1.29 is 0 Å². The van der Waals surface area contributed by atoms with E-state index in [1.54, 1.807) is 0 Å². The molecule has 0 amide bonds. The molecule has 24 heavy (non-hydrogen) atoms. The van der Waals surface area contributed by atoms with E-state index in [2.05, 4.69) is 20.9 Å². The van der Waals surface area contributed by atoms with E-state index in [1.807, 2.05) is 29.7 Å². The molecule has 0 saturated heterocycles. The predicted octanol–water partition coefficient (Wildman–Crippen LogP) is 3.93. The Hall–Kier alpha value is -2.23. The second-order valence-corrected chi connectivity index (χ2v) is 6.74. The largest absolute Gasteiger partial charge is 0.382 e. The third-order valence-corrected chi connectivity index (χ3v) is 4.97. The molecule has 2 N–H and O–H groups in total. The smallest absolute Gasteiger partial charge is 0.175 e.